The van der Waals surface area contributed by atoms with Crippen LogP contribution in [0, 0.1) is 6.92 Å². The van der Waals surface area contributed by atoms with Gasteiger partial charge in [0.1, 0.15) is 0 Å². The molecule has 0 atom stereocenters. The molecule has 0 fully saturated rings. The summed E-state index contributed by atoms with van der Waals surface area (Å²) in [6, 6.07) is 8.97. The van der Waals surface area contributed by atoms with Crippen LogP contribution in [0.25, 0.3) is 0 Å². The summed E-state index contributed by atoms with van der Waals surface area (Å²) in [4.78, 5) is 0. The third-order valence-corrected chi connectivity index (χ3v) is 5.92. The van der Waals surface area contributed by atoms with Crippen LogP contribution in [-0.4, -0.2) is 0 Å². The van der Waals surface area contributed by atoms with Gasteiger partial charge in [-0.3, -0.25) is 0 Å². The average Bonchev–Trinajstić information content (AvgIpc) is 2.47. The van der Waals surface area contributed by atoms with Crippen molar-refractivity contribution in [1.29, 1.82) is 0 Å². The van der Waals surface area contributed by atoms with Crippen molar-refractivity contribution in [1.82, 2.24) is 0 Å². The molecule has 0 aliphatic heterocycles. The Hall–Kier alpha value is -0.586. The molecule has 0 bridgehead atoms. The van der Waals surface area contributed by atoms with Crippen LogP contribution >= 0.6 is 0 Å². The van der Waals surface area contributed by atoms with Gasteiger partial charge in [-0.1, -0.05) is 0 Å². The molecule has 1 aliphatic carbocycles. The zero-order valence-corrected chi connectivity index (χ0v) is 12.9. The Morgan fingerprint density at radius 3 is 1.59 bits per heavy atom. The van der Waals surface area contributed by atoms with E-state index in [-0.39, 0.29) is 3.72 Å². The van der Waals surface area contributed by atoms with Crippen LogP contribution in [0.1, 0.15) is 38.8 Å². The van der Waals surface area contributed by atoms with Gasteiger partial charge in [0.2, 0.25) is 0 Å². The molecule has 0 aromatic heterocycles. The van der Waals surface area contributed by atoms with Crippen molar-refractivity contribution >= 4 is 0 Å². The number of benzene rings is 1. The van der Waals surface area contributed by atoms with Crippen molar-refractivity contribution in [3.8, 4) is 0 Å². The summed E-state index contributed by atoms with van der Waals surface area (Å²) >= 11 is 2.35. The summed E-state index contributed by atoms with van der Waals surface area (Å²) < 4.78 is 0.0991. The summed E-state index contributed by atoms with van der Waals surface area (Å²) in [5.74, 6) is 0. The summed E-state index contributed by atoms with van der Waals surface area (Å²) in [6.07, 6.45) is 0. The number of hydrogen-bond donors (Lipinski definition) is 0. The van der Waals surface area contributed by atoms with E-state index in [0.717, 1.165) is 0 Å². The monoisotopic (exact) mass is 259 g/mol. The number of rotatable bonds is 1. The fourth-order valence-electron chi connectivity index (χ4n) is 2.64. The van der Waals surface area contributed by atoms with Crippen molar-refractivity contribution in [3.63, 3.8) is 0 Å². The number of aryl methyl sites for hydroxylation is 1. The standard InChI is InChI=1S/C16H19.Ti/c1-10-6-8-15(9-7-10)16-13(4)11(2)12(3)14(16)5;/h6-9H,1-5H3;. The Balaban J connectivity index is 2.62. The topological polar surface area (TPSA) is 0 Å². The molecule has 1 aromatic rings. The van der Waals surface area contributed by atoms with Crippen molar-refractivity contribution in [3.05, 3.63) is 57.7 Å². The third-order valence-electron chi connectivity index (χ3n) is 4.30. The zero-order valence-electron chi connectivity index (χ0n) is 11.3. The Morgan fingerprint density at radius 1 is 0.765 bits per heavy atom. The molecule has 0 unspecified atom stereocenters. The predicted octanol–water partition coefficient (Wildman–Crippen LogP) is 4.42. The molecule has 0 saturated carbocycles. The Morgan fingerprint density at radius 2 is 1.18 bits per heavy atom. The summed E-state index contributed by atoms with van der Waals surface area (Å²) in [5.41, 5.74) is 8.66. The first kappa shape index (κ1) is 12.9. The molecule has 0 amide bonds. The second-order valence-corrected chi connectivity index (χ2v) is 6.29. The van der Waals surface area contributed by atoms with Crippen LogP contribution in [0.15, 0.2) is 46.6 Å². The van der Waals surface area contributed by atoms with Gasteiger partial charge in [0.05, 0.1) is 0 Å². The predicted molar refractivity (Wildman–Crippen MR) is 69.6 cm³/mol. The van der Waals surface area contributed by atoms with E-state index in [0.29, 0.717) is 0 Å². The molecule has 0 heterocycles. The quantitative estimate of drug-likeness (QED) is 0.655. The molecule has 0 saturated heterocycles. The van der Waals surface area contributed by atoms with Crippen LogP contribution in [0.2, 0.25) is 0 Å². The Labute approximate surface area is 116 Å². The van der Waals surface area contributed by atoms with E-state index < -0.39 is 0 Å². The normalized spacial score (nSPS) is 19.1. The van der Waals surface area contributed by atoms with Crippen molar-refractivity contribution in [2.75, 3.05) is 0 Å². The van der Waals surface area contributed by atoms with Gasteiger partial charge in [-0.15, -0.1) is 0 Å². The second-order valence-electron chi connectivity index (χ2n) is 5.12. The first-order valence-electron chi connectivity index (χ1n) is 6.07. The average molecular weight is 259 g/mol. The number of allylic oxidation sites excluding steroid dienone is 4. The molecule has 0 nitrogen and oxygen atoms in total. The fourth-order valence-corrected chi connectivity index (χ4v) is 3.49. The minimum atomic E-state index is 0.0991. The molecule has 0 radical (unpaired) electrons. The molecule has 2 rings (SSSR count). The van der Waals surface area contributed by atoms with Crippen LogP contribution < -0.4 is 0 Å². The van der Waals surface area contributed by atoms with Crippen LogP contribution in [0.3, 0.4) is 0 Å². The molecule has 1 aliphatic rings. The minimum absolute atomic E-state index is 0.0991. The third kappa shape index (κ3) is 1.79. The van der Waals surface area contributed by atoms with E-state index in [1.54, 1.807) is 0 Å². The first-order valence-corrected chi connectivity index (χ1v) is 6.85. The Bertz CT molecular complexity index is 491. The second kappa shape index (κ2) is 4.26. The van der Waals surface area contributed by atoms with E-state index in [2.05, 4.69) is 79.3 Å². The SMILES string of the molecule is CC1=C(C)[C]([Ti])(c2ccc(C)cc2)C(C)=C1C. The van der Waals surface area contributed by atoms with Crippen molar-refractivity contribution < 1.29 is 20.4 Å². The molecule has 0 spiro atoms. The van der Waals surface area contributed by atoms with Gasteiger partial charge in [0.15, 0.2) is 0 Å². The van der Waals surface area contributed by atoms with Crippen LogP contribution in [0.5, 0.6) is 0 Å². The first-order chi connectivity index (χ1) is 7.89. The van der Waals surface area contributed by atoms with Gasteiger partial charge in [0, 0.05) is 0 Å². The molecular weight excluding hydrogens is 240 g/mol. The molecular formula is C16H19Ti. The number of hydrogen-bond acceptors (Lipinski definition) is 0. The molecule has 1 aromatic carbocycles. The molecule has 17 heavy (non-hydrogen) atoms. The Kier molecular flexibility index (Phi) is 3.22. The molecule has 87 valence electrons. The maximum absolute atomic E-state index is 2.35. The van der Waals surface area contributed by atoms with Gasteiger partial charge in [0.25, 0.3) is 0 Å². The van der Waals surface area contributed by atoms with Gasteiger partial charge in [-0.2, -0.15) is 0 Å². The van der Waals surface area contributed by atoms with Crippen molar-refractivity contribution in [2.45, 2.75) is 38.3 Å². The van der Waals surface area contributed by atoms with Crippen LogP contribution in [0.4, 0.5) is 0 Å². The maximum atomic E-state index is 2.35. The van der Waals surface area contributed by atoms with E-state index in [1.807, 2.05) is 0 Å². The van der Waals surface area contributed by atoms with Gasteiger partial charge in [-0.05, 0) is 0 Å². The van der Waals surface area contributed by atoms with Crippen LogP contribution in [-0.2, 0) is 24.2 Å². The molecule has 0 N–H and O–H groups in total. The summed E-state index contributed by atoms with van der Waals surface area (Å²) in [5, 5.41) is 0. The zero-order chi connectivity index (χ0) is 12.8. The summed E-state index contributed by atoms with van der Waals surface area (Å²) in [6.45, 7) is 11.2. The van der Waals surface area contributed by atoms with E-state index in [9.17, 15) is 0 Å². The van der Waals surface area contributed by atoms with Crippen molar-refractivity contribution in [2.24, 2.45) is 0 Å². The summed E-state index contributed by atoms with van der Waals surface area (Å²) in [7, 11) is 0. The van der Waals surface area contributed by atoms with Gasteiger partial charge in [-0.25, -0.2) is 0 Å². The van der Waals surface area contributed by atoms with E-state index >= 15 is 0 Å². The fraction of sp³-hybridized carbons (Fsp3) is 0.375. The van der Waals surface area contributed by atoms with E-state index in [1.165, 1.54) is 33.4 Å². The van der Waals surface area contributed by atoms with E-state index in [4.69, 9.17) is 0 Å². The molecule has 1 heteroatoms. The van der Waals surface area contributed by atoms with Gasteiger partial charge >= 0.3 is 116 Å². The van der Waals surface area contributed by atoms with Gasteiger partial charge < -0.3 is 0 Å².